The summed E-state index contributed by atoms with van der Waals surface area (Å²) in [5, 5.41) is 0. The fraction of sp³-hybridized carbons (Fsp3) is 0.250. The van der Waals surface area contributed by atoms with Crippen LogP contribution < -0.4 is 14.2 Å². The van der Waals surface area contributed by atoms with Crippen LogP contribution in [0.2, 0.25) is 0 Å². The maximum atomic E-state index is 13.1. The molecule has 1 aliphatic rings. The van der Waals surface area contributed by atoms with Crippen LogP contribution in [0.1, 0.15) is 16.7 Å². The van der Waals surface area contributed by atoms with E-state index in [2.05, 4.69) is 4.74 Å². The zero-order valence-electron chi connectivity index (χ0n) is 18.2. The van der Waals surface area contributed by atoms with Gasteiger partial charge in [0.2, 0.25) is 10.0 Å². The monoisotopic (exact) mass is 493 g/mol. The number of sulfonamides is 1. The maximum Gasteiger partial charge on any atom is 0.573 e. The zero-order chi connectivity index (χ0) is 24.3. The SMILES string of the molecule is COc1cc2c(cc1OCc1ccccc1)CCN(S(=O)(=O)c1cccc(OC(F)(F)F)c1)C2. The summed E-state index contributed by atoms with van der Waals surface area (Å²) in [6.45, 7) is 0.578. The van der Waals surface area contributed by atoms with E-state index in [0.29, 0.717) is 24.5 Å². The zero-order valence-corrected chi connectivity index (χ0v) is 19.0. The first-order valence-electron chi connectivity index (χ1n) is 10.4. The van der Waals surface area contributed by atoms with Gasteiger partial charge in [0.15, 0.2) is 11.5 Å². The molecule has 0 bridgehead atoms. The van der Waals surface area contributed by atoms with Crippen molar-refractivity contribution in [3.8, 4) is 17.2 Å². The van der Waals surface area contributed by atoms with E-state index in [9.17, 15) is 21.6 Å². The lowest BCUT2D eigenvalue weighted by molar-refractivity contribution is -0.274. The van der Waals surface area contributed by atoms with Crippen molar-refractivity contribution < 1.29 is 35.8 Å². The largest absolute Gasteiger partial charge is 0.573 e. The molecule has 4 rings (SSSR count). The molecule has 1 aliphatic heterocycles. The number of nitrogens with zero attached hydrogens (tertiary/aromatic N) is 1. The van der Waals surface area contributed by atoms with Gasteiger partial charge in [0.1, 0.15) is 12.4 Å². The Morgan fingerprint density at radius 2 is 1.68 bits per heavy atom. The number of benzene rings is 3. The summed E-state index contributed by atoms with van der Waals surface area (Å²) in [6.07, 6.45) is -4.50. The molecule has 0 saturated carbocycles. The summed E-state index contributed by atoms with van der Waals surface area (Å²) in [6, 6.07) is 17.6. The third-order valence-electron chi connectivity index (χ3n) is 5.38. The Bertz CT molecular complexity index is 1260. The minimum absolute atomic E-state index is 0.0529. The van der Waals surface area contributed by atoms with Crippen molar-refractivity contribution in [2.75, 3.05) is 13.7 Å². The van der Waals surface area contributed by atoms with Gasteiger partial charge in [-0.05, 0) is 47.4 Å². The first kappa shape index (κ1) is 23.9. The van der Waals surface area contributed by atoms with E-state index in [1.807, 2.05) is 36.4 Å². The van der Waals surface area contributed by atoms with Gasteiger partial charge in [-0.3, -0.25) is 0 Å². The topological polar surface area (TPSA) is 65.1 Å². The summed E-state index contributed by atoms with van der Waals surface area (Å²) in [4.78, 5) is -0.271. The molecular weight excluding hydrogens is 471 g/mol. The van der Waals surface area contributed by atoms with Gasteiger partial charge in [0.25, 0.3) is 0 Å². The predicted molar refractivity (Wildman–Crippen MR) is 118 cm³/mol. The van der Waals surface area contributed by atoms with E-state index >= 15 is 0 Å². The van der Waals surface area contributed by atoms with Crippen LogP contribution in [0.25, 0.3) is 0 Å². The van der Waals surface area contributed by atoms with Gasteiger partial charge >= 0.3 is 6.36 Å². The molecule has 180 valence electrons. The van der Waals surface area contributed by atoms with Gasteiger partial charge in [-0.25, -0.2) is 8.42 Å². The Hall–Kier alpha value is -3.24. The minimum atomic E-state index is -4.91. The van der Waals surface area contributed by atoms with Crippen molar-refractivity contribution in [3.63, 3.8) is 0 Å². The van der Waals surface area contributed by atoms with Gasteiger partial charge in [-0.15, -0.1) is 13.2 Å². The minimum Gasteiger partial charge on any atom is -0.493 e. The lowest BCUT2D eigenvalue weighted by Crippen LogP contribution is -2.36. The Morgan fingerprint density at radius 1 is 0.941 bits per heavy atom. The molecule has 0 fully saturated rings. The second-order valence-electron chi connectivity index (χ2n) is 7.66. The van der Waals surface area contributed by atoms with Gasteiger partial charge < -0.3 is 14.2 Å². The summed E-state index contributed by atoms with van der Waals surface area (Å²) < 4.78 is 80.4. The number of rotatable bonds is 7. The van der Waals surface area contributed by atoms with Crippen LogP contribution in [0.4, 0.5) is 13.2 Å². The lowest BCUT2D eigenvalue weighted by atomic mass is 10.0. The smallest absolute Gasteiger partial charge is 0.493 e. The van der Waals surface area contributed by atoms with E-state index in [4.69, 9.17) is 9.47 Å². The number of fused-ring (bicyclic) bond motifs is 1. The highest BCUT2D eigenvalue weighted by molar-refractivity contribution is 7.89. The highest BCUT2D eigenvalue weighted by atomic mass is 32.2. The second kappa shape index (κ2) is 9.55. The molecule has 10 heteroatoms. The van der Waals surface area contributed by atoms with Crippen LogP contribution in [0.15, 0.2) is 71.6 Å². The van der Waals surface area contributed by atoms with E-state index in [0.717, 1.165) is 28.8 Å². The third kappa shape index (κ3) is 5.45. The van der Waals surface area contributed by atoms with Crippen molar-refractivity contribution in [3.05, 3.63) is 83.4 Å². The molecule has 3 aromatic rings. The van der Waals surface area contributed by atoms with E-state index in [1.165, 1.54) is 23.5 Å². The number of alkyl halides is 3. The highest BCUT2D eigenvalue weighted by Gasteiger charge is 2.33. The molecule has 3 aromatic carbocycles. The van der Waals surface area contributed by atoms with Crippen molar-refractivity contribution in [1.82, 2.24) is 4.31 Å². The first-order chi connectivity index (χ1) is 16.2. The van der Waals surface area contributed by atoms with E-state index in [1.54, 1.807) is 6.07 Å². The van der Waals surface area contributed by atoms with E-state index < -0.39 is 22.1 Å². The fourth-order valence-corrected chi connectivity index (χ4v) is 5.19. The number of hydrogen-bond donors (Lipinski definition) is 0. The molecule has 34 heavy (non-hydrogen) atoms. The van der Waals surface area contributed by atoms with Crippen molar-refractivity contribution in [2.24, 2.45) is 0 Å². The molecule has 0 spiro atoms. The van der Waals surface area contributed by atoms with Crippen LogP contribution in [-0.4, -0.2) is 32.7 Å². The molecule has 0 radical (unpaired) electrons. The van der Waals surface area contributed by atoms with Crippen LogP contribution in [0.5, 0.6) is 17.2 Å². The average Bonchev–Trinajstić information content (AvgIpc) is 2.81. The molecular formula is C24H22F3NO5S. The molecule has 0 aliphatic carbocycles. The summed E-state index contributed by atoms with van der Waals surface area (Å²) in [7, 11) is -2.54. The van der Waals surface area contributed by atoms with Gasteiger partial charge in [0.05, 0.1) is 12.0 Å². The number of halogens is 3. The number of methoxy groups -OCH3 is 1. The Morgan fingerprint density at radius 3 is 2.38 bits per heavy atom. The van der Waals surface area contributed by atoms with Crippen molar-refractivity contribution in [1.29, 1.82) is 0 Å². The van der Waals surface area contributed by atoms with Crippen LogP contribution in [0.3, 0.4) is 0 Å². The molecule has 0 aromatic heterocycles. The molecule has 1 heterocycles. The molecule has 0 N–H and O–H groups in total. The first-order valence-corrected chi connectivity index (χ1v) is 11.8. The number of ether oxygens (including phenoxy) is 3. The third-order valence-corrected chi connectivity index (χ3v) is 7.22. The molecule has 0 amide bonds. The molecule has 0 saturated heterocycles. The van der Waals surface area contributed by atoms with Gasteiger partial charge in [-0.2, -0.15) is 4.31 Å². The van der Waals surface area contributed by atoms with Crippen LogP contribution in [0, 0.1) is 0 Å². The molecule has 0 atom stereocenters. The molecule has 0 unspecified atom stereocenters. The quantitative estimate of drug-likeness (QED) is 0.468. The maximum absolute atomic E-state index is 13.1. The number of hydrogen-bond acceptors (Lipinski definition) is 5. The van der Waals surface area contributed by atoms with Gasteiger partial charge in [0, 0.05) is 19.2 Å². The highest BCUT2D eigenvalue weighted by Crippen LogP contribution is 2.36. The fourth-order valence-electron chi connectivity index (χ4n) is 3.73. The lowest BCUT2D eigenvalue weighted by Gasteiger charge is -2.29. The summed E-state index contributed by atoms with van der Waals surface area (Å²) >= 11 is 0. The van der Waals surface area contributed by atoms with Crippen molar-refractivity contribution in [2.45, 2.75) is 30.8 Å². The standard InChI is InChI=1S/C24H22F3NO5S/c1-31-22-13-19-15-28(34(29,30)21-9-5-8-20(14-21)33-24(25,26)27)11-10-18(19)12-23(22)32-16-17-6-3-2-4-7-17/h2-9,12-14H,10-11,15-16H2,1H3. The van der Waals surface area contributed by atoms with E-state index in [-0.39, 0.29) is 18.0 Å². The Labute approximate surface area is 195 Å². The second-order valence-corrected chi connectivity index (χ2v) is 9.60. The van der Waals surface area contributed by atoms with Gasteiger partial charge in [-0.1, -0.05) is 36.4 Å². The summed E-state index contributed by atoms with van der Waals surface area (Å²) in [5.41, 5.74) is 2.65. The van der Waals surface area contributed by atoms with Crippen LogP contribution >= 0.6 is 0 Å². The van der Waals surface area contributed by atoms with Crippen molar-refractivity contribution >= 4 is 10.0 Å². The average molecular weight is 494 g/mol. The Kier molecular flexibility index (Phi) is 6.72. The normalized spacial score (nSPS) is 14.4. The van der Waals surface area contributed by atoms with Crippen LogP contribution in [-0.2, 0) is 29.6 Å². The summed E-state index contributed by atoms with van der Waals surface area (Å²) in [5.74, 6) is 0.431. The molecule has 6 nitrogen and oxygen atoms in total. The predicted octanol–water partition coefficient (Wildman–Crippen LogP) is 4.92. The Balaban J connectivity index is 1.54.